The van der Waals surface area contributed by atoms with Gasteiger partial charge in [-0.2, -0.15) is 0 Å². The number of likely N-dealkylation sites (tertiary alicyclic amines) is 2. The summed E-state index contributed by atoms with van der Waals surface area (Å²) in [6, 6.07) is 0. The van der Waals surface area contributed by atoms with Crippen molar-refractivity contribution in [2.45, 2.75) is 39.5 Å². The highest BCUT2D eigenvalue weighted by molar-refractivity contribution is 5.79. The van der Waals surface area contributed by atoms with E-state index in [1.807, 2.05) is 0 Å². The van der Waals surface area contributed by atoms with Gasteiger partial charge in [0.25, 0.3) is 0 Å². The maximum Gasteiger partial charge on any atom is 0.225 e. The Hall–Kier alpha value is -0.570. The first-order valence-corrected chi connectivity index (χ1v) is 7.55. The second-order valence-corrected chi connectivity index (χ2v) is 6.48. The molecule has 1 amide bonds. The Labute approximate surface area is 112 Å². The number of carbonyl (C=O) groups excluding carboxylic acids is 1. The molecule has 2 saturated heterocycles. The third-order valence-corrected chi connectivity index (χ3v) is 4.86. The maximum absolute atomic E-state index is 12.4. The van der Waals surface area contributed by atoms with Crippen LogP contribution in [0.15, 0.2) is 0 Å². The summed E-state index contributed by atoms with van der Waals surface area (Å²) < 4.78 is 0. The van der Waals surface area contributed by atoms with E-state index in [9.17, 15) is 4.79 Å². The molecule has 2 fully saturated rings. The summed E-state index contributed by atoms with van der Waals surface area (Å²) in [5, 5.41) is 0. The summed E-state index contributed by atoms with van der Waals surface area (Å²) in [5.41, 5.74) is 0. The zero-order valence-electron chi connectivity index (χ0n) is 12.2. The van der Waals surface area contributed by atoms with Crippen molar-refractivity contribution in [3.63, 3.8) is 0 Å². The smallest absolute Gasteiger partial charge is 0.225 e. The van der Waals surface area contributed by atoms with Crippen LogP contribution in [-0.2, 0) is 4.79 Å². The molecule has 0 aromatic heterocycles. The second-order valence-electron chi connectivity index (χ2n) is 6.48. The molecule has 3 nitrogen and oxygen atoms in total. The first kappa shape index (κ1) is 13.9. The van der Waals surface area contributed by atoms with E-state index in [0.29, 0.717) is 11.8 Å². The second kappa shape index (κ2) is 6.05. The zero-order chi connectivity index (χ0) is 13.1. The van der Waals surface area contributed by atoms with Crippen molar-refractivity contribution in [3.05, 3.63) is 0 Å². The average molecular weight is 252 g/mol. The van der Waals surface area contributed by atoms with Crippen LogP contribution in [0.25, 0.3) is 0 Å². The van der Waals surface area contributed by atoms with E-state index in [1.165, 1.54) is 12.8 Å². The highest BCUT2D eigenvalue weighted by Crippen LogP contribution is 2.27. The molecule has 2 aliphatic heterocycles. The highest BCUT2D eigenvalue weighted by Gasteiger charge is 2.30. The molecule has 0 atom stereocenters. The molecule has 0 aromatic rings. The Morgan fingerprint density at radius 1 is 1.00 bits per heavy atom. The van der Waals surface area contributed by atoms with Crippen molar-refractivity contribution < 1.29 is 4.79 Å². The van der Waals surface area contributed by atoms with Crippen LogP contribution in [0.2, 0.25) is 0 Å². The van der Waals surface area contributed by atoms with Gasteiger partial charge in [-0.1, -0.05) is 13.8 Å². The summed E-state index contributed by atoms with van der Waals surface area (Å²) in [4.78, 5) is 16.9. The van der Waals surface area contributed by atoms with E-state index < -0.39 is 0 Å². The van der Waals surface area contributed by atoms with Crippen LogP contribution in [0.1, 0.15) is 39.5 Å². The summed E-state index contributed by atoms with van der Waals surface area (Å²) in [6.07, 6.45) is 4.52. The summed E-state index contributed by atoms with van der Waals surface area (Å²) in [5.74, 6) is 2.33. The summed E-state index contributed by atoms with van der Waals surface area (Å²) >= 11 is 0. The molecule has 0 aromatic carbocycles. The molecule has 0 radical (unpaired) electrons. The highest BCUT2D eigenvalue weighted by atomic mass is 16.2. The van der Waals surface area contributed by atoms with E-state index in [2.05, 4.69) is 30.7 Å². The topological polar surface area (TPSA) is 23.6 Å². The minimum atomic E-state index is 0.303. The Kier molecular flexibility index (Phi) is 4.66. The predicted octanol–water partition coefficient (Wildman–Crippen LogP) is 2.22. The number of carbonyl (C=O) groups is 1. The molecule has 2 heterocycles. The lowest BCUT2D eigenvalue weighted by molar-refractivity contribution is -0.138. The van der Waals surface area contributed by atoms with Crippen molar-refractivity contribution in [1.29, 1.82) is 0 Å². The molecule has 0 aliphatic carbocycles. The van der Waals surface area contributed by atoms with Gasteiger partial charge < -0.3 is 9.80 Å². The van der Waals surface area contributed by atoms with Crippen molar-refractivity contribution in [1.82, 2.24) is 9.80 Å². The van der Waals surface area contributed by atoms with Crippen LogP contribution in [0.5, 0.6) is 0 Å². The number of amides is 1. The van der Waals surface area contributed by atoms with Gasteiger partial charge in [-0.05, 0) is 57.7 Å². The first-order valence-electron chi connectivity index (χ1n) is 7.55. The lowest BCUT2D eigenvalue weighted by Crippen LogP contribution is -2.45. The third kappa shape index (κ3) is 3.25. The van der Waals surface area contributed by atoms with Gasteiger partial charge >= 0.3 is 0 Å². The van der Waals surface area contributed by atoms with E-state index in [-0.39, 0.29) is 0 Å². The quantitative estimate of drug-likeness (QED) is 0.752. The SMILES string of the molecule is CC(C)C1CCN(C(=O)C2CCN(C)CC2)CC1. The monoisotopic (exact) mass is 252 g/mol. The number of hydrogen-bond acceptors (Lipinski definition) is 2. The Morgan fingerprint density at radius 2 is 1.56 bits per heavy atom. The predicted molar refractivity (Wildman–Crippen MR) is 74.4 cm³/mol. The lowest BCUT2D eigenvalue weighted by atomic mass is 9.86. The minimum absolute atomic E-state index is 0.303. The largest absolute Gasteiger partial charge is 0.342 e. The molecule has 0 N–H and O–H groups in total. The average Bonchev–Trinajstić information content (AvgIpc) is 2.39. The fraction of sp³-hybridized carbons (Fsp3) is 0.933. The van der Waals surface area contributed by atoms with Crippen LogP contribution < -0.4 is 0 Å². The lowest BCUT2D eigenvalue weighted by Gasteiger charge is -2.37. The van der Waals surface area contributed by atoms with Crippen LogP contribution in [0.4, 0.5) is 0 Å². The molecule has 2 aliphatic rings. The van der Waals surface area contributed by atoms with Gasteiger partial charge in [0.2, 0.25) is 5.91 Å². The molecular formula is C15H28N2O. The number of rotatable bonds is 2. The van der Waals surface area contributed by atoms with Crippen LogP contribution in [0.3, 0.4) is 0 Å². The van der Waals surface area contributed by atoms with Crippen molar-refractivity contribution in [2.75, 3.05) is 33.2 Å². The first-order chi connectivity index (χ1) is 8.58. The van der Waals surface area contributed by atoms with Crippen LogP contribution in [-0.4, -0.2) is 48.9 Å². The van der Waals surface area contributed by atoms with Gasteiger partial charge in [0, 0.05) is 19.0 Å². The fourth-order valence-corrected chi connectivity index (χ4v) is 3.30. The standard InChI is InChI=1S/C15H28N2O/c1-12(2)13-6-10-17(11-7-13)15(18)14-4-8-16(3)9-5-14/h12-14H,4-11H2,1-3H3. The van der Waals surface area contributed by atoms with Crippen molar-refractivity contribution in [3.8, 4) is 0 Å². The maximum atomic E-state index is 12.4. The van der Waals surface area contributed by atoms with E-state index in [0.717, 1.165) is 50.9 Å². The molecular weight excluding hydrogens is 224 g/mol. The number of piperidine rings is 2. The molecule has 104 valence electrons. The van der Waals surface area contributed by atoms with Crippen LogP contribution in [0, 0.1) is 17.8 Å². The fourth-order valence-electron chi connectivity index (χ4n) is 3.30. The Morgan fingerprint density at radius 3 is 2.06 bits per heavy atom. The number of hydrogen-bond donors (Lipinski definition) is 0. The molecule has 0 bridgehead atoms. The third-order valence-electron chi connectivity index (χ3n) is 4.86. The normalized spacial score (nSPS) is 24.8. The molecule has 0 unspecified atom stereocenters. The summed E-state index contributed by atoms with van der Waals surface area (Å²) in [7, 11) is 2.15. The Balaban J connectivity index is 1.80. The summed E-state index contributed by atoms with van der Waals surface area (Å²) in [6.45, 7) is 8.76. The van der Waals surface area contributed by atoms with Gasteiger partial charge in [0.05, 0.1) is 0 Å². The Bertz CT molecular complexity index is 274. The van der Waals surface area contributed by atoms with Crippen molar-refractivity contribution >= 4 is 5.91 Å². The molecule has 3 heteroatoms. The minimum Gasteiger partial charge on any atom is -0.342 e. The van der Waals surface area contributed by atoms with Gasteiger partial charge in [-0.15, -0.1) is 0 Å². The molecule has 0 saturated carbocycles. The molecule has 2 rings (SSSR count). The van der Waals surface area contributed by atoms with Gasteiger partial charge in [-0.3, -0.25) is 4.79 Å². The molecule has 0 spiro atoms. The zero-order valence-corrected chi connectivity index (χ0v) is 12.2. The van der Waals surface area contributed by atoms with E-state index in [1.54, 1.807) is 0 Å². The van der Waals surface area contributed by atoms with Gasteiger partial charge in [0.1, 0.15) is 0 Å². The molecule has 18 heavy (non-hydrogen) atoms. The van der Waals surface area contributed by atoms with E-state index >= 15 is 0 Å². The van der Waals surface area contributed by atoms with Crippen LogP contribution >= 0.6 is 0 Å². The van der Waals surface area contributed by atoms with Crippen molar-refractivity contribution in [2.24, 2.45) is 17.8 Å². The van der Waals surface area contributed by atoms with E-state index in [4.69, 9.17) is 0 Å². The van der Waals surface area contributed by atoms with Gasteiger partial charge in [0.15, 0.2) is 0 Å². The number of nitrogens with zero attached hydrogens (tertiary/aromatic N) is 2. The van der Waals surface area contributed by atoms with Gasteiger partial charge in [-0.25, -0.2) is 0 Å².